The van der Waals surface area contributed by atoms with E-state index in [0.717, 1.165) is 0 Å². The number of hydrogen-bond acceptors (Lipinski definition) is 5. The number of hydrogen-bond donors (Lipinski definition) is 1. The van der Waals surface area contributed by atoms with Crippen molar-refractivity contribution in [1.29, 1.82) is 0 Å². The van der Waals surface area contributed by atoms with Crippen molar-refractivity contribution in [2.45, 2.75) is 51.3 Å². The Bertz CT molecular complexity index is 348. The fraction of sp³-hybridized carbons (Fsp3) is 0.643. The van der Waals surface area contributed by atoms with Gasteiger partial charge in [0.1, 0.15) is 12.2 Å². The van der Waals surface area contributed by atoms with E-state index in [4.69, 9.17) is 14.2 Å². The largest absolute Gasteiger partial charge is 0.463 e. The second kappa shape index (κ2) is 6.84. The topological polar surface area (TPSA) is 65.0 Å². The zero-order valence-corrected chi connectivity index (χ0v) is 11.7. The average molecular weight is 270 g/mol. The van der Waals surface area contributed by atoms with Gasteiger partial charge in [0.2, 0.25) is 0 Å². The SMILES string of the molecule is C=CC(O)[C@@H]1OC(C)(C)O[C@@H]1C/C=C/C(=O)OCC. The molecule has 0 aromatic carbocycles. The standard InChI is InChI=1S/C14H22O5/c1-5-10(15)13-11(18-14(3,4)19-13)8-7-9-12(16)17-6-2/h5,7,9-11,13,15H,1,6,8H2,2-4H3/b9-7+/t10?,11-,13+/m1/s1. The van der Waals surface area contributed by atoms with Crippen LogP contribution >= 0.6 is 0 Å². The van der Waals surface area contributed by atoms with Crippen LogP contribution in [0.1, 0.15) is 27.2 Å². The number of rotatable bonds is 6. The lowest BCUT2D eigenvalue weighted by Crippen LogP contribution is -2.33. The van der Waals surface area contributed by atoms with Crippen molar-refractivity contribution < 1.29 is 24.1 Å². The first-order valence-corrected chi connectivity index (χ1v) is 6.39. The minimum absolute atomic E-state index is 0.325. The van der Waals surface area contributed by atoms with Crippen LogP contribution < -0.4 is 0 Å². The van der Waals surface area contributed by atoms with Gasteiger partial charge in [0.05, 0.1) is 12.7 Å². The van der Waals surface area contributed by atoms with E-state index in [1.165, 1.54) is 12.2 Å². The van der Waals surface area contributed by atoms with E-state index in [2.05, 4.69) is 6.58 Å². The predicted molar refractivity (Wildman–Crippen MR) is 70.4 cm³/mol. The Morgan fingerprint density at radius 1 is 1.53 bits per heavy atom. The maximum Gasteiger partial charge on any atom is 0.330 e. The molecule has 1 aliphatic rings. The van der Waals surface area contributed by atoms with Crippen LogP contribution in [0.3, 0.4) is 0 Å². The summed E-state index contributed by atoms with van der Waals surface area (Å²) in [5.74, 6) is -1.14. The second-order valence-corrected chi connectivity index (χ2v) is 4.76. The molecular formula is C14H22O5. The molecule has 1 rings (SSSR count). The van der Waals surface area contributed by atoms with Gasteiger partial charge in [0.15, 0.2) is 5.79 Å². The highest BCUT2D eigenvalue weighted by Gasteiger charge is 2.43. The van der Waals surface area contributed by atoms with E-state index >= 15 is 0 Å². The second-order valence-electron chi connectivity index (χ2n) is 4.76. The van der Waals surface area contributed by atoms with E-state index in [0.29, 0.717) is 13.0 Å². The number of ether oxygens (including phenoxy) is 3. The van der Waals surface area contributed by atoms with Crippen molar-refractivity contribution in [3.05, 3.63) is 24.8 Å². The normalized spacial score (nSPS) is 27.4. The van der Waals surface area contributed by atoms with Crippen LogP contribution in [0, 0.1) is 0 Å². The van der Waals surface area contributed by atoms with Crippen molar-refractivity contribution in [3.8, 4) is 0 Å². The molecule has 1 N–H and O–H groups in total. The quantitative estimate of drug-likeness (QED) is 0.451. The summed E-state index contributed by atoms with van der Waals surface area (Å²) in [7, 11) is 0. The molecule has 1 aliphatic heterocycles. The Morgan fingerprint density at radius 3 is 2.79 bits per heavy atom. The maximum absolute atomic E-state index is 11.2. The highest BCUT2D eigenvalue weighted by atomic mass is 16.8. The first-order valence-electron chi connectivity index (χ1n) is 6.39. The van der Waals surface area contributed by atoms with Crippen LogP contribution in [-0.2, 0) is 19.0 Å². The highest BCUT2D eigenvalue weighted by Crippen LogP contribution is 2.32. The van der Waals surface area contributed by atoms with E-state index in [-0.39, 0.29) is 12.1 Å². The first-order chi connectivity index (χ1) is 8.89. The molecule has 0 aromatic heterocycles. The van der Waals surface area contributed by atoms with Crippen molar-refractivity contribution in [1.82, 2.24) is 0 Å². The van der Waals surface area contributed by atoms with Gasteiger partial charge < -0.3 is 19.3 Å². The fourth-order valence-corrected chi connectivity index (χ4v) is 1.96. The summed E-state index contributed by atoms with van der Waals surface area (Å²) < 4.78 is 16.1. The lowest BCUT2D eigenvalue weighted by Gasteiger charge is -2.19. The molecule has 3 atom stereocenters. The summed E-state index contributed by atoms with van der Waals surface area (Å²) in [5, 5.41) is 9.81. The van der Waals surface area contributed by atoms with Gasteiger partial charge in [-0.1, -0.05) is 12.2 Å². The van der Waals surface area contributed by atoms with E-state index in [9.17, 15) is 9.90 Å². The molecule has 19 heavy (non-hydrogen) atoms. The summed E-state index contributed by atoms with van der Waals surface area (Å²) in [5.41, 5.74) is 0. The van der Waals surface area contributed by atoms with E-state index < -0.39 is 18.0 Å². The third kappa shape index (κ3) is 4.78. The van der Waals surface area contributed by atoms with Crippen LogP contribution in [0.5, 0.6) is 0 Å². The number of carbonyl (C=O) groups excluding carboxylic acids is 1. The van der Waals surface area contributed by atoms with Gasteiger partial charge in [-0.05, 0) is 27.2 Å². The van der Waals surface area contributed by atoms with Gasteiger partial charge in [0.25, 0.3) is 0 Å². The molecule has 0 radical (unpaired) electrons. The third-order valence-electron chi connectivity index (χ3n) is 2.71. The van der Waals surface area contributed by atoms with Gasteiger partial charge in [-0.25, -0.2) is 4.79 Å². The van der Waals surface area contributed by atoms with Crippen LogP contribution in [0.2, 0.25) is 0 Å². The molecular weight excluding hydrogens is 248 g/mol. The van der Waals surface area contributed by atoms with Gasteiger partial charge >= 0.3 is 5.97 Å². The molecule has 0 saturated carbocycles. The first kappa shape index (κ1) is 15.9. The van der Waals surface area contributed by atoms with Crippen molar-refractivity contribution >= 4 is 5.97 Å². The zero-order chi connectivity index (χ0) is 14.5. The predicted octanol–water partition coefficient (Wildman–Crippen LogP) is 1.56. The Labute approximate surface area is 113 Å². The molecule has 5 heteroatoms. The maximum atomic E-state index is 11.2. The minimum atomic E-state index is -0.803. The number of aliphatic hydroxyl groups is 1. The smallest absolute Gasteiger partial charge is 0.330 e. The summed E-state index contributed by atoms with van der Waals surface area (Å²) in [4.78, 5) is 11.2. The summed E-state index contributed by atoms with van der Waals surface area (Å²) in [6.07, 6.45) is 3.27. The summed E-state index contributed by atoms with van der Waals surface area (Å²) in [6, 6.07) is 0. The molecule has 108 valence electrons. The van der Waals surface area contributed by atoms with Crippen molar-refractivity contribution in [3.63, 3.8) is 0 Å². The van der Waals surface area contributed by atoms with Gasteiger partial charge in [0, 0.05) is 6.08 Å². The highest BCUT2D eigenvalue weighted by molar-refractivity contribution is 5.81. The lowest BCUT2D eigenvalue weighted by atomic mass is 10.1. The van der Waals surface area contributed by atoms with E-state index in [1.807, 2.05) is 0 Å². The fourth-order valence-electron chi connectivity index (χ4n) is 1.96. The Kier molecular flexibility index (Phi) is 5.72. The monoisotopic (exact) mass is 270 g/mol. The summed E-state index contributed by atoms with van der Waals surface area (Å²) >= 11 is 0. The van der Waals surface area contributed by atoms with Crippen LogP contribution in [0.4, 0.5) is 0 Å². The average Bonchev–Trinajstić information content (AvgIpc) is 2.64. The van der Waals surface area contributed by atoms with Crippen molar-refractivity contribution in [2.24, 2.45) is 0 Å². The molecule has 0 spiro atoms. The number of aliphatic hydroxyl groups excluding tert-OH is 1. The molecule has 5 nitrogen and oxygen atoms in total. The minimum Gasteiger partial charge on any atom is -0.463 e. The molecule has 0 aliphatic carbocycles. The van der Waals surface area contributed by atoms with Crippen LogP contribution in [-0.4, -0.2) is 41.8 Å². The van der Waals surface area contributed by atoms with Gasteiger partial charge in [-0.15, -0.1) is 6.58 Å². The molecule has 1 saturated heterocycles. The van der Waals surface area contributed by atoms with Gasteiger partial charge in [-0.3, -0.25) is 0 Å². The Morgan fingerprint density at radius 2 is 2.21 bits per heavy atom. The van der Waals surface area contributed by atoms with Crippen LogP contribution in [0.15, 0.2) is 24.8 Å². The molecule has 0 aromatic rings. The molecule has 1 unspecified atom stereocenters. The molecule has 1 heterocycles. The van der Waals surface area contributed by atoms with Crippen LogP contribution in [0.25, 0.3) is 0 Å². The number of esters is 1. The lowest BCUT2D eigenvalue weighted by molar-refractivity contribution is -0.152. The Hall–Kier alpha value is -1.17. The molecule has 0 bridgehead atoms. The van der Waals surface area contributed by atoms with Crippen molar-refractivity contribution in [2.75, 3.05) is 6.61 Å². The molecule has 0 amide bonds. The Balaban J connectivity index is 2.59. The summed E-state index contributed by atoms with van der Waals surface area (Å²) in [6.45, 7) is 9.20. The molecule has 1 fully saturated rings. The third-order valence-corrected chi connectivity index (χ3v) is 2.71. The van der Waals surface area contributed by atoms with E-state index in [1.54, 1.807) is 26.8 Å². The van der Waals surface area contributed by atoms with Gasteiger partial charge in [-0.2, -0.15) is 0 Å². The number of carbonyl (C=O) groups is 1. The zero-order valence-electron chi connectivity index (χ0n) is 11.7.